The number of hydrogen-bond donors (Lipinski definition) is 1. The molecule has 0 aliphatic carbocycles. The molecule has 2 N–H and O–H groups in total. The van der Waals surface area contributed by atoms with Gasteiger partial charge in [0.25, 0.3) is 0 Å². The third kappa shape index (κ3) is 3.31. The van der Waals surface area contributed by atoms with Crippen molar-refractivity contribution in [1.29, 1.82) is 0 Å². The average molecular weight is 304 g/mol. The van der Waals surface area contributed by atoms with Gasteiger partial charge in [-0.05, 0) is 5.56 Å². The Kier molecular flexibility index (Phi) is 4.44. The topological polar surface area (TPSA) is 65.2 Å². The summed E-state index contributed by atoms with van der Waals surface area (Å²) >= 11 is 1.31. The zero-order valence-electron chi connectivity index (χ0n) is 12.7. The van der Waals surface area contributed by atoms with E-state index in [2.05, 4.69) is 4.98 Å². The molecule has 5 heteroatoms. The van der Waals surface area contributed by atoms with Crippen molar-refractivity contribution in [2.24, 2.45) is 5.73 Å². The van der Waals surface area contributed by atoms with Crippen LogP contribution in [0.2, 0.25) is 0 Å². The molecule has 21 heavy (non-hydrogen) atoms. The molecule has 0 radical (unpaired) electrons. The van der Waals surface area contributed by atoms with Crippen molar-refractivity contribution in [2.45, 2.75) is 32.2 Å². The predicted octanol–water partition coefficient (Wildman–Crippen LogP) is 3.28. The molecule has 0 saturated heterocycles. The first-order valence-corrected chi connectivity index (χ1v) is 7.56. The van der Waals surface area contributed by atoms with Gasteiger partial charge in [-0.15, -0.1) is 11.3 Å². The molecular weight excluding hydrogens is 284 g/mol. The number of esters is 1. The maximum absolute atomic E-state index is 12.0. The Morgan fingerprint density at radius 3 is 2.43 bits per heavy atom. The average Bonchev–Trinajstić information content (AvgIpc) is 2.92. The highest BCUT2D eigenvalue weighted by Gasteiger charge is 2.29. The van der Waals surface area contributed by atoms with Crippen molar-refractivity contribution in [3.63, 3.8) is 0 Å². The van der Waals surface area contributed by atoms with E-state index in [1.165, 1.54) is 18.4 Å². The lowest BCUT2D eigenvalue weighted by Gasteiger charge is -2.16. The van der Waals surface area contributed by atoms with Gasteiger partial charge in [-0.25, -0.2) is 9.78 Å². The van der Waals surface area contributed by atoms with Crippen LogP contribution >= 0.6 is 11.3 Å². The molecule has 1 heterocycles. The smallest absolute Gasteiger partial charge is 0.350 e. The molecule has 2 rings (SSSR count). The first kappa shape index (κ1) is 15.7. The predicted molar refractivity (Wildman–Crippen MR) is 84.6 cm³/mol. The molecular formula is C16H20N2O2S. The van der Waals surface area contributed by atoms with E-state index in [9.17, 15) is 4.79 Å². The van der Waals surface area contributed by atoms with Gasteiger partial charge in [0.15, 0.2) is 0 Å². The van der Waals surface area contributed by atoms with Gasteiger partial charge in [0.1, 0.15) is 9.88 Å². The van der Waals surface area contributed by atoms with E-state index in [0.717, 1.165) is 16.3 Å². The summed E-state index contributed by atoms with van der Waals surface area (Å²) in [6.07, 6.45) is 0. The molecule has 0 aliphatic rings. The van der Waals surface area contributed by atoms with E-state index in [1.807, 2.05) is 51.1 Å². The fourth-order valence-electron chi connectivity index (χ4n) is 2.01. The lowest BCUT2D eigenvalue weighted by atomic mass is 9.91. The molecule has 2 aromatic rings. The van der Waals surface area contributed by atoms with Crippen LogP contribution in [-0.2, 0) is 10.2 Å². The highest BCUT2D eigenvalue weighted by molar-refractivity contribution is 7.13. The largest absolute Gasteiger partial charge is 0.465 e. The summed E-state index contributed by atoms with van der Waals surface area (Å²) in [5.41, 5.74) is 7.75. The van der Waals surface area contributed by atoms with Crippen molar-refractivity contribution in [2.75, 3.05) is 7.11 Å². The van der Waals surface area contributed by atoms with Gasteiger partial charge < -0.3 is 10.5 Å². The molecule has 1 unspecified atom stereocenters. The van der Waals surface area contributed by atoms with Gasteiger partial charge in [-0.2, -0.15) is 0 Å². The molecule has 112 valence electrons. The van der Waals surface area contributed by atoms with E-state index in [4.69, 9.17) is 10.5 Å². The minimum Gasteiger partial charge on any atom is -0.465 e. The number of aromatic nitrogens is 1. The van der Waals surface area contributed by atoms with Gasteiger partial charge in [0.2, 0.25) is 0 Å². The van der Waals surface area contributed by atoms with E-state index < -0.39 is 0 Å². The van der Waals surface area contributed by atoms with E-state index >= 15 is 0 Å². The highest BCUT2D eigenvalue weighted by atomic mass is 32.1. The van der Waals surface area contributed by atoms with Gasteiger partial charge in [0, 0.05) is 5.41 Å². The maximum Gasteiger partial charge on any atom is 0.350 e. The van der Waals surface area contributed by atoms with Crippen LogP contribution in [0.1, 0.15) is 52.7 Å². The molecule has 0 saturated carbocycles. The van der Waals surface area contributed by atoms with Crippen molar-refractivity contribution in [1.82, 2.24) is 4.98 Å². The summed E-state index contributed by atoms with van der Waals surface area (Å²) in [6, 6.07) is 9.40. The number of thiazole rings is 1. The zero-order chi connectivity index (χ0) is 15.6. The van der Waals surface area contributed by atoms with Crippen molar-refractivity contribution >= 4 is 17.3 Å². The number of methoxy groups -OCH3 is 1. The molecule has 0 aliphatic heterocycles. The number of hydrogen-bond acceptors (Lipinski definition) is 5. The minimum atomic E-state index is -0.357. The number of ether oxygens (including phenoxy) is 1. The first-order chi connectivity index (χ1) is 9.84. The summed E-state index contributed by atoms with van der Waals surface area (Å²) in [6.45, 7) is 6.06. The number of nitrogens with two attached hydrogens (primary N) is 1. The van der Waals surface area contributed by atoms with E-state index in [-0.39, 0.29) is 17.4 Å². The first-order valence-electron chi connectivity index (χ1n) is 6.74. The van der Waals surface area contributed by atoms with Crippen LogP contribution < -0.4 is 5.73 Å². The van der Waals surface area contributed by atoms with Crippen molar-refractivity contribution in [3.8, 4) is 0 Å². The van der Waals surface area contributed by atoms with Crippen LogP contribution in [-0.4, -0.2) is 18.1 Å². The number of carbonyl (C=O) groups excluding carboxylic acids is 1. The number of benzene rings is 1. The molecule has 1 aromatic heterocycles. The summed E-state index contributed by atoms with van der Waals surface area (Å²) in [4.78, 5) is 17.1. The van der Waals surface area contributed by atoms with Crippen LogP contribution in [0.25, 0.3) is 0 Å². The zero-order valence-corrected chi connectivity index (χ0v) is 13.5. The Labute approximate surface area is 129 Å². The van der Waals surface area contributed by atoms with Crippen molar-refractivity contribution < 1.29 is 9.53 Å². The second kappa shape index (κ2) is 5.95. The Hall–Kier alpha value is -1.72. The number of rotatable bonds is 3. The lowest BCUT2D eigenvalue weighted by molar-refractivity contribution is 0.0603. The van der Waals surface area contributed by atoms with Crippen LogP contribution in [0.5, 0.6) is 0 Å². The van der Waals surface area contributed by atoms with Crippen LogP contribution in [0, 0.1) is 0 Å². The third-order valence-corrected chi connectivity index (χ3v) is 4.27. The monoisotopic (exact) mass is 304 g/mol. The fraction of sp³-hybridized carbons (Fsp3) is 0.375. The number of nitrogens with zero attached hydrogens (tertiary/aromatic N) is 1. The Balaban J connectivity index is 2.47. The second-order valence-corrected chi connectivity index (χ2v) is 6.89. The third-order valence-electron chi connectivity index (χ3n) is 3.15. The summed E-state index contributed by atoms with van der Waals surface area (Å²) in [5, 5.41) is 0.728. The Morgan fingerprint density at radius 2 is 1.90 bits per heavy atom. The van der Waals surface area contributed by atoms with Crippen LogP contribution in [0.15, 0.2) is 30.3 Å². The van der Waals surface area contributed by atoms with E-state index in [0.29, 0.717) is 4.88 Å². The Bertz CT molecular complexity index is 629. The maximum atomic E-state index is 12.0. The SMILES string of the molecule is COC(=O)c1sc(C(N)c2ccccc2)nc1C(C)(C)C. The quantitative estimate of drug-likeness (QED) is 0.884. The van der Waals surface area contributed by atoms with Gasteiger partial charge in [0.05, 0.1) is 18.8 Å². The molecule has 1 aromatic carbocycles. The summed E-state index contributed by atoms with van der Waals surface area (Å²) < 4.78 is 4.86. The minimum absolute atomic E-state index is 0.241. The molecule has 0 spiro atoms. The van der Waals surface area contributed by atoms with E-state index in [1.54, 1.807) is 0 Å². The molecule has 1 atom stereocenters. The molecule has 0 bridgehead atoms. The summed E-state index contributed by atoms with van der Waals surface area (Å²) in [5.74, 6) is -0.357. The fourth-order valence-corrected chi connectivity index (χ4v) is 3.24. The van der Waals surface area contributed by atoms with Crippen LogP contribution in [0.4, 0.5) is 0 Å². The van der Waals surface area contributed by atoms with Crippen LogP contribution in [0.3, 0.4) is 0 Å². The Morgan fingerprint density at radius 1 is 1.29 bits per heavy atom. The highest BCUT2D eigenvalue weighted by Crippen LogP contribution is 2.33. The van der Waals surface area contributed by atoms with Gasteiger partial charge >= 0.3 is 5.97 Å². The lowest BCUT2D eigenvalue weighted by Crippen LogP contribution is -2.17. The van der Waals surface area contributed by atoms with Gasteiger partial charge in [-0.1, -0.05) is 51.1 Å². The second-order valence-electron chi connectivity index (χ2n) is 5.86. The molecule has 0 amide bonds. The number of carbonyl (C=O) groups is 1. The normalized spacial score (nSPS) is 13.0. The summed E-state index contributed by atoms with van der Waals surface area (Å²) in [7, 11) is 1.38. The van der Waals surface area contributed by atoms with Crippen molar-refractivity contribution in [3.05, 3.63) is 51.5 Å². The molecule has 0 fully saturated rings. The standard InChI is InChI=1S/C16H20N2O2S/c1-16(2,3)13-12(15(19)20-4)21-14(18-13)11(17)10-8-6-5-7-9-10/h5-9,11H,17H2,1-4H3. The van der Waals surface area contributed by atoms with Gasteiger partial charge in [-0.3, -0.25) is 0 Å². The molecule has 4 nitrogen and oxygen atoms in total.